The molecule has 0 saturated carbocycles. The van der Waals surface area contributed by atoms with Crippen molar-refractivity contribution in [2.45, 2.75) is 13.5 Å². The molecule has 0 spiro atoms. The van der Waals surface area contributed by atoms with Gasteiger partial charge in [0.1, 0.15) is 0 Å². The summed E-state index contributed by atoms with van der Waals surface area (Å²) < 4.78 is 1.75. The third-order valence-corrected chi connectivity index (χ3v) is 4.93. The third kappa shape index (κ3) is 3.75. The van der Waals surface area contributed by atoms with Crippen molar-refractivity contribution in [2.24, 2.45) is 7.05 Å². The molecule has 140 valence electrons. The van der Waals surface area contributed by atoms with E-state index in [4.69, 9.17) is 0 Å². The number of hydrogen-bond acceptors (Lipinski definition) is 5. The van der Waals surface area contributed by atoms with E-state index in [1.807, 2.05) is 49.5 Å². The molecule has 1 N–H and O–H groups in total. The number of nitrogens with one attached hydrogen (secondary N) is 1. The summed E-state index contributed by atoms with van der Waals surface area (Å²) >= 11 is 0. The Morgan fingerprint density at radius 1 is 1.19 bits per heavy atom. The number of aromatic nitrogens is 4. The molecule has 3 aromatic rings. The third-order valence-electron chi connectivity index (χ3n) is 4.93. The molecule has 0 bridgehead atoms. The van der Waals surface area contributed by atoms with Crippen LogP contribution in [0.15, 0.2) is 36.8 Å². The Bertz CT molecular complexity index is 945. The van der Waals surface area contributed by atoms with Crippen LogP contribution in [0.4, 0.5) is 10.5 Å². The van der Waals surface area contributed by atoms with E-state index in [0.717, 1.165) is 36.4 Å². The summed E-state index contributed by atoms with van der Waals surface area (Å²) in [7, 11) is 1.87. The second kappa shape index (κ2) is 7.32. The molecule has 3 aromatic heterocycles. The summed E-state index contributed by atoms with van der Waals surface area (Å²) in [6.07, 6.45) is 5.31. The molecule has 8 heteroatoms. The predicted molar refractivity (Wildman–Crippen MR) is 103 cm³/mol. The van der Waals surface area contributed by atoms with Gasteiger partial charge in [0.25, 0.3) is 0 Å². The van der Waals surface area contributed by atoms with Crippen LogP contribution >= 0.6 is 0 Å². The summed E-state index contributed by atoms with van der Waals surface area (Å²) in [5.41, 5.74) is 3.66. The zero-order chi connectivity index (χ0) is 18.8. The highest BCUT2D eigenvalue weighted by atomic mass is 16.2. The molecule has 0 radical (unpaired) electrons. The molecule has 4 heterocycles. The lowest BCUT2D eigenvalue weighted by atomic mass is 10.2. The summed E-state index contributed by atoms with van der Waals surface area (Å²) in [4.78, 5) is 25.3. The molecule has 1 aliphatic heterocycles. The van der Waals surface area contributed by atoms with E-state index in [-0.39, 0.29) is 6.03 Å². The fourth-order valence-corrected chi connectivity index (χ4v) is 3.43. The number of fused-ring (bicyclic) bond motifs is 1. The van der Waals surface area contributed by atoms with Gasteiger partial charge in [-0.15, -0.1) is 0 Å². The van der Waals surface area contributed by atoms with Crippen LogP contribution in [-0.2, 0) is 13.6 Å². The van der Waals surface area contributed by atoms with Crippen molar-refractivity contribution in [2.75, 3.05) is 31.5 Å². The molecule has 0 atom stereocenters. The van der Waals surface area contributed by atoms with Gasteiger partial charge in [-0.25, -0.2) is 9.78 Å². The molecule has 8 nitrogen and oxygen atoms in total. The van der Waals surface area contributed by atoms with E-state index in [0.29, 0.717) is 18.8 Å². The standard InChI is InChI=1S/C19H23N7O/c1-14-17-11-16(12-21-18(17)24(2)23-14)22-19(27)26-9-7-25(8-10-26)13-15-3-5-20-6-4-15/h3-6,11-12H,7-10,13H2,1-2H3,(H,22,27). The van der Waals surface area contributed by atoms with Crippen LogP contribution in [0.25, 0.3) is 11.0 Å². The number of carbonyl (C=O) groups excluding carboxylic acids is 1. The maximum Gasteiger partial charge on any atom is 0.321 e. The van der Waals surface area contributed by atoms with Gasteiger partial charge in [0.2, 0.25) is 0 Å². The fraction of sp³-hybridized carbons (Fsp3) is 0.368. The van der Waals surface area contributed by atoms with Gasteiger partial charge in [0, 0.05) is 57.6 Å². The number of carbonyl (C=O) groups is 1. The lowest BCUT2D eigenvalue weighted by Gasteiger charge is -2.34. The Kier molecular flexibility index (Phi) is 4.72. The number of piperazine rings is 1. The van der Waals surface area contributed by atoms with Gasteiger partial charge in [-0.05, 0) is 30.7 Å². The molecule has 1 saturated heterocycles. The van der Waals surface area contributed by atoms with E-state index in [1.165, 1.54) is 5.56 Å². The van der Waals surface area contributed by atoms with Gasteiger partial charge < -0.3 is 10.2 Å². The van der Waals surface area contributed by atoms with Crippen LogP contribution in [0.3, 0.4) is 0 Å². The highest BCUT2D eigenvalue weighted by Crippen LogP contribution is 2.19. The quantitative estimate of drug-likeness (QED) is 0.768. The van der Waals surface area contributed by atoms with E-state index in [1.54, 1.807) is 10.9 Å². The number of pyridine rings is 2. The SMILES string of the molecule is Cc1nn(C)c2ncc(NC(=O)N3CCN(Cc4ccncc4)CC3)cc12. The highest BCUT2D eigenvalue weighted by Gasteiger charge is 2.21. The van der Waals surface area contributed by atoms with Crippen molar-refractivity contribution in [3.8, 4) is 0 Å². The van der Waals surface area contributed by atoms with Crippen molar-refractivity contribution in [1.82, 2.24) is 29.5 Å². The summed E-state index contributed by atoms with van der Waals surface area (Å²) in [6.45, 7) is 5.96. The Morgan fingerprint density at radius 3 is 2.67 bits per heavy atom. The van der Waals surface area contributed by atoms with Gasteiger partial charge in [-0.1, -0.05) is 0 Å². The Hall–Kier alpha value is -3.00. The molecule has 0 aromatic carbocycles. The molecule has 4 rings (SSSR count). The maximum atomic E-state index is 12.6. The maximum absolute atomic E-state index is 12.6. The van der Waals surface area contributed by atoms with Crippen LogP contribution in [0, 0.1) is 6.92 Å². The number of aryl methyl sites for hydroxylation is 2. The first-order chi connectivity index (χ1) is 13.1. The Labute approximate surface area is 157 Å². The number of anilines is 1. The molecule has 2 amide bonds. The van der Waals surface area contributed by atoms with E-state index in [9.17, 15) is 4.79 Å². The van der Waals surface area contributed by atoms with Crippen LogP contribution < -0.4 is 5.32 Å². The first kappa shape index (κ1) is 17.4. The lowest BCUT2D eigenvalue weighted by molar-refractivity contribution is 0.143. The van der Waals surface area contributed by atoms with Crippen molar-refractivity contribution in [3.63, 3.8) is 0 Å². The normalized spacial score (nSPS) is 15.3. The van der Waals surface area contributed by atoms with Gasteiger partial charge in [0.15, 0.2) is 5.65 Å². The number of urea groups is 1. The largest absolute Gasteiger partial charge is 0.322 e. The molecule has 1 aliphatic rings. The number of amides is 2. The molecule has 1 fully saturated rings. The zero-order valence-corrected chi connectivity index (χ0v) is 15.6. The minimum atomic E-state index is -0.0822. The molecule has 0 aliphatic carbocycles. The number of hydrogen-bond donors (Lipinski definition) is 1. The monoisotopic (exact) mass is 365 g/mol. The minimum absolute atomic E-state index is 0.0822. The van der Waals surface area contributed by atoms with Gasteiger partial charge in [-0.2, -0.15) is 5.10 Å². The Balaban J connectivity index is 1.35. The molecular formula is C19H23N7O. The van der Waals surface area contributed by atoms with Crippen molar-refractivity contribution < 1.29 is 4.79 Å². The molecular weight excluding hydrogens is 342 g/mol. The summed E-state index contributed by atoms with van der Waals surface area (Å²) in [5, 5.41) is 8.29. The second-order valence-corrected chi connectivity index (χ2v) is 6.85. The van der Waals surface area contributed by atoms with Crippen LogP contribution in [0.5, 0.6) is 0 Å². The fourth-order valence-electron chi connectivity index (χ4n) is 3.43. The van der Waals surface area contributed by atoms with Crippen molar-refractivity contribution in [3.05, 3.63) is 48.0 Å². The van der Waals surface area contributed by atoms with Gasteiger partial charge in [0.05, 0.1) is 17.6 Å². The smallest absolute Gasteiger partial charge is 0.321 e. The second-order valence-electron chi connectivity index (χ2n) is 6.85. The first-order valence-corrected chi connectivity index (χ1v) is 9.07. The molecule has 27 heavy (non-hydrogen) atoms. The van der Waals surface area contributed by atoms with Crippen molar-refractivity contribution in [1.29, 1.82) is 0 Å². The van der Waals surface area contributed by atoms with Gasteiger partial charge >= 0.3 is 6.03 Å². The topological polar surface area (TPSA) is 79.2 Å². The molecule has 0 unspecified atom stereocenters. The van der Waals surface area contributed by atoms with E-state index >= 15 is 0 Å². The average Bonchev–Trinajstić information content (AvgIpc) is 2.96. The number of nitrogens with zero attached hydrogens (tertiary/aromatic N) is 6. The minimum Gasteiger partial charge on any atom is -0.322 e. The summed E-state index contributed by atoms with van der Waals surface area (Å²) in [6, 6.07) is 5.91. The van der Waals surface area contributed by atoms with Gasteiger partial charge in [-0.3, -0.25) is 14.6 Å². The first-order valence-electron chi connectivity index (χ1n) is 9.07. The Morgan fingerprint density at radius 2 is 1.93 bits per heavy atom. The zero-order valence-electron chi connectivity index (χ0n) is 15.6. The summed E-state index contributed by atoms with van der Waals surface area (Å²) in [5.74, 6) is 0. The van der Waals surface area contributed by atoms with Crippen LogP contribution in [0.1, 0.15) is 11.3 Å². The van der Waals surface area contributed by atoms with E-state index in [2.05, 4.69) is 25.3 Å². The average molecular weight is 365 g/mol. The van der Waals surface area contributed by atoms with E-state index < -0.39 is 0 Å². The van der Waals surface area contributed by atoms with Crippen molar-refractivity contribution >= 4 is 22.8 Å². The van der Waals surface area contributed by atoms with Crippen LogP contribution in [0.2, 0.25) is 0 Å². The number of rotatable bonds is 3. The lowest BCUT2D eigenvalue weighted by Crippen LogP contribution is -2.49. The van der Waals surface area contributed by atoms with Crippen LogP contribution in [-0.4, -0.2) is 61.8 Å². The highest BCUT2D eigenvalue weighted by molar-refractivity contribution is 5.92. The predicted octanol–water partition coefficient (Wildman–Crippen LogP) is 2.02.